The van der Waals surface area contributed by atoms with Gasteiger partial charge in [-0.3, -0.25) is 19.1 Å². The molecule has 2 aromatic carbocycles. The van der Waals surface area contributed by atoms with Crippen LogP contribution in [0.1, 0.15) is 0 Å². The second-order valence-electron chi connectivity index (χ2n) is 5.20. The zero-order valence-electron chi connectivity index (χ0n) is 13.1. The van der Waals surface area contributed by atoms with Crippen LogP contribution in [0.3, 0.4) is 0 Å². The zero-order chi connectivity index (χ0) is 17.6. The first-order valence-corrected chi connectivity index (χ1v) is 8.35. The van der Waals surface area contributed by atoms with E-state index < -0.39 is 11.2 Å². The van der Waals surface area contributed by atoms with Crippen molar-refractivity contribution in [2.24, 2.45) is 0 Å². The van der Waals surface area contributed by atoms with Gasteiger partial charge in [-0.05, 0) is 24.3 Å². The lowest BCUT2D eigenvalue weighted by molar-refractivity contribution is -0.116. The predicted molar refractivity (Wildman–Crippen MR) is 97.0 cm³/mol. The Bertz CT molecular complexity index is 996. The fourth-order valence-electron chi connectivity index (χ4n) is 2.19. The Kier molecular flexibility index (Phi) is 5.15. The molecule has 0 saturated heterocycles. The molecule has 0 aliphatic heterocycles. The van der Waals surface area contributed by atoms with E-state index in [4.69, 9.17) is 0 Å². The molecule has 0 unspecified atom stereocenters. The van der Waals surface area contributed by atoms with Crippen LogP contribution in [0.5, 0.6) is 0 Å². The molecule has 25 heavy (non-hydrogen) atoms. The summed E-state index contributed by atoms with van der Waals surface area (Å²) in [5, 5.41) is 2.81. The van der Waals surface area contributed by atoms with Crippen molar-refractivity contribution in [1.29, 1.82) is 0 Å². The van der Waals surface area contributed by atoms with Gasteiger partial charge in [0.1, 0.15) is 6.54 Å². The Morgan fingerprint density at radius 2 is 1.72 bits per heavy atom. The summed E-state index contributed by atoms with van der Waals surface area (Å²) in [4.78, 5) is 39.1. The largest absolute Gasteiger partial charge is 0.328 e. The maximum atomic E-state index is 12.3. The van der Waals surface area contributed by atoms with Crippen LogP contribution in [0.4, 0.5) is 5.69 Å². The summed E-state index contributed by atoms with van der Waals surface area (Å²) in [5.74, 6) is -0.352. The number of nitrogens with one attached hydrogen (secondary N) is 2. The van der Waals surface area contributed by atoms with Gasteiger partial charge in [0.2, 0.25) is 5.91 Å². The summed E-state index contributed by atoms with van der Waals surface area (Å²) < 4.78 is 1.14. The third-order valence-corrected chi connectivity index (χ3v) is 4.43. The lowest BCUT2D eigenvalue weighted by atomic mass is 10.3. The van der Waals surface area contributed by atoms with Gasteiger partial charge in [0, 0.05) is 22.1 Å². The number of para-hydroxylation sites is 1. The van der Waals surface area contributed by atoms with Gasteiger partial charge >= 0.3 is 5.69 Å². The van der Waals surface area contributed by atoms with Gasteiger partial charge in [0.15, 0.2) is 0 Å². The smallest absolute Gasteiger partial charge is 0.323 e. The number of hydrogen-bond acceptors (Lipinski definition) is 4. The van der Waals surface area contributed by atoms with Crippen molar-refractivity contribution in [3.8, 4) is 0 Å². The van der Waals surface area contributed by atoms with Gasteiger partial charge in [-0.2, -0.15) is 0 Å². The second kappa shape index (κ2) is 7.67. The van der Waals surface area contributed by atoms with Crippen molar-refractivity contribution >= 4 is 23.4 Å². The number of aromatic nitrogens is 2. The van der Waals surface area contributed by atoms with E-state index in [1.807, 2.05) is 48.5 Å². The highest BCUT2D eigenvalue weighted by Crippen LogP contribution is 2.33. The molecule has 0 aliphatic carbocycles. The zero-order valence-corrected chi connectivity index (χ0v) is 14.0. The van der Waals surface area contributed by atoms with Gasteiger partial charge < -0.3 is 5.32 Å². The van der Waals surface area contributed by atoms with Gasteiger partial charge in [-0.25, -0.2) is 4.79 Å². The molecule has 126 valence electrons. The van der Waals surface area contributed by atoms with Gasteiger partial charge in [-0.15, -0.1) is 0 Å². The van der Waals surface area contributed by atoms with Crippen LogP contribution in [0.2, 0.25) is 0 Å². The monoisotopic (exact) mass is 353 g/mol. The molecule has 0 radical (unpaired) electrons. The Balaban J connectivity index is 1.75. The normalized spacial score (nSPS) is 10.4. The molecule has 0 fully saturated rings. The Morgan fingerprint density at radius 1 is 1.00 bits per heavy atom. The third kappa shape index (κ3) is 4.48. The van der Waals surface area contributed by atoms with E-state index in [9.17, 15) is 14.4 Å². The number of nitrogens with zero attached hydrogens (tertiary/aromatic N) is 1. The molecule has 0 spiro atoms. The first-order chi connectivity index (χ1) is 12.1. The number of amides is 1. The number of carbonyl (C=O) groups excluding carboxylic acids is 1. The van der Waals surface area contributed by atoms with E-state index in [1.54, 1.807) is 6.07 Å². The molecule has 3 aromatic rings. The van der Waals surface area contributed by atoms with Crippen LogP contribution >= 0.6 is 11.8 Å². The van der Waals surface area contributed by atoms with E-state index in [1.165, 1.54) is 24.0 Å². The van der Waals surface area contributed by atoms with Crippen LogP contribution in [0.15, 0.2) is 86.2 Å². The second-order valence-corrected chi connectivity index (χ2v) is 6.31. The van der Waals surface area contributed by atoms with E-state index in [2.05, 4.69) is 10.3 Å². The van der Waals surface area contributed by atoms with Crippen LogP contribution in [-0.2, 0) is 11.3 Å². The maximum absolute atomic E-state index is 12.3. The molecule has 1 amide bonds. The molecule has 7 heteroatoms. The quantitative estimate of drug-likeness (QED) is 0.737. The highest BCUT2D eigenvalue weighted by Gasteiger charge is 2.09. The Labute approximate surface area is 147 Å². The Hall–Kier alpha value is -3.06. The van der Waals surface area contributed by atoms with Gasteiger partial charge in [0.25, 0.3) is 5.56 Å². The van der Waals surface area contributed by atoms with Crippen molar-refractivity contribution in [2.45, 2.75) is 16.3 Å². The number of benzene rings is 2. The summed E-state index contributed by atoms with van der Waals surface area (Å²) in [6, 6.07) is 18.5. The van der Waals surface area contributed by atoms with Crippen LogP contribution in [0, 0.1) is 0 Å². The molecular weight excluding hydrogens is 338 g/mol. The van der Waals surface area contributed by atoms with Crippen LogP contribution in [0.25, 0.3) is 0 Å². The molecule has 6 nitrogen and oxygen atoms in total. The predicted octanol–water partition coefficient (Wildman–Crippen LogP) is 2.33. The lowest BCUT2D eigenvalue weighted by Gasteiger charge is -2.11. The number of hydrogen-bond donors (Lipinski definition) is 2. The van der Waals surface area contributed by atoms with Crippen LogP contribution < -0.4 is 16.6 Å². The number of carbonyl (C=O) groups is 1. The minimum atomic E-state index is -0.616. The number of rotatable bonds is 5. The average molecular weight is 353 g/mol. The molecular formula is C18H15N3O3S. The summed E-state index contributed by atoms with van der Waals surface area (Å²) in [6.07, 6.45) is 1.30. The molecule has 0 aliphatic rings. The van der Waals surface area contributed by atoms with E-state index in [-0.39, 0.29) is 12.5 Å². The highest BCUT2D eigenvalue weighted by atomic mass is 32.2. The fourth-order valence-corrected chi connectivity index (χ4v) is 3.11. The van der Waals surface area contributed by atoms with Crippen molar-refractivity contribution in [3.63, 3.8) is 0 Å². The molecule has 3 rings (SSSR count). The maximum Gasteiger partial charge on any atom is 0.328 e. The molecule has 0 saturated carbocycles. The average Bonchev–Trinajstić information content (AvgIpc) is 2.60. The first-order valence-electron chi connectivity index (χ1n) is 7.53. The summed E-state index contributed by atoms with van der Waals surface area (Å²) >= 11 is 1.54. The third-order valence-electron chi connectivity index (χ3n) is 3.34. The van der Waals surface area contributed by atoms with Crippen molar-refractivity contribution in [2.75, 3.05) is 5.32 Å². The minimum Gasteiger partial charge on any atom is -0.323 e. The lowest BCUT2D eigenvalue weighted by Crippen LogP contribution is -2.32. The van der Waals surface area contributed by atoms with E-state index >= 15 is 0 Å². The number of anilines is 1. The minimum absolute atomic E-state index is 0.181. The van der Waals surface area contributed by atoms with Gasteiger partial charge in [-0.1, -0.05) is 42.1 Å². The molecule has 0 bridgehead atoms. The number of aromatic amines is 1. The fraction of sp³-hybridized carbons (Fsp3) is 0.0556. The standard InChI is InChI=1S/C18H15N3O3S/c22-16-10-11-21(18(24)20-16)12-17(23)19-14-8-4-5-9-15(14)25-13-6-2-1-3-7-13/h1-11H,12H2,(H,19,23)(H,20,22,24). The first kappa shape index (κ1) is 16.8. The Morgan fingerprint density at radius 3 is 2.48 bits per heavy atom. The van der Waals surface area contributed by atoms with Crippen molar-refractivity contribution in [1.82, 2.24) is 9.55 Å². The molecule has 1 aromatic heterocycles. The summed E-state index contributed by atoms with van der Waals surface area (Å²) in [6.45, 7) is -0.181. The van der Waals surface area contributed by atoms with Crippen molar-refractivity contribution in [3.05, 3.63) is 87.7 Å². The number of H-pyrrole nitrogens is 1. The summed E-state index contributed by atoms with van der Waals surface area (Å²) in [7, 11) is 0. The SMILES string of the molecule is O=C(Cn1ccc(=O)[nH]c1=O)Nc1ccccc1Sc1ccccc1. The van der Waals surface area contributed by atoms with Crippen LogP contribution in [-0.4, -0.2) is 15.5 Å². The topological polar surface area (TPSA) is 84.0 Å². The molecule has 0 atom stereocenters. The van der Waals surface area contributed by atoms with Gasteiger partial charge in [0.05, 0.1) is 5.69 Å². The van der Waals surface area contributed by atoms with E-state index in [0.717, 1.165) is 14.4 Å². The van der Waals surface area contributed by atoms with E-state index in [0.29, 0.717) is 5.69 Å². The highest BCUT2D eigenvalue weighted by molar-refractivity contribution is 7.99. The molecule has 1 heterocycles. The molecule has 2 N–H and O–H groups in total. The summed E-state index contributed by atoms with van der Waals surface area (Å²) in [5.41, 5.74) is -0.445. The van der Waals surface area contributed by atoms with Crippen molar-refractivity contribution < 1.29 is 4.79 Å².